The lowest BCUT2D eigenvalue weighted by molar-refractivity contribution is 0.321. The first kappa shape index (κ1) is 11.1. The first-order chi connectivity index (χ1) is 6.60. The molecular weight excluding hydrogens is 225 g/mol. The molecule has 5 heteroatoms. The first-order valence-corrected chi connectivity index (χ1v) is 4.57. The van der Waals surface area contributed by atoms with Gasteiger partial charge in [0.05, 0.1) is 12.1 Å². The summed E-state index contributed by atoms with van der Waals surface area (Å²) in [7, 11) is 1.54. The zero-order valence-electron chi connectivity index (χ0n) is 7.71. The lowest BCUT2D eigenvalue weighted by Gasteiger charge is -2.08. The van der Waals surface area contributed by atoms with E-state index in [9.17, 15) is 0 Å². The molecular formula is C9H9Cl2NO2. The number of hydrogen-bond acceptors (Lipinski definition) is 3. The molecule has 0 spiro atoms. The third-order valence-electron chi connectivity index (χ3n) is 1.76. The Kier molecular flexibility index (Phi) is 3.61. The smallest absolute Gasteiger partial charge is 0.175 e. The van der Waals surface area contributed by atoms with Crippen molar-refractivity contribution in [2.45, 2.75) is 6.92 Å². The van der Waals surface area contributed by atoms with Crippen LogP contribution in [0.25, 0.3) is 0 Å². The van der Waals surface area contributed by atoms with Crippen molar-refractivity contribution in [2.75, 3.05) is 7.11 Å². The van der Waals surface area contributed by atoms with Crippen LogP contribution in [0, 0.1) is 6.92 Å². The summed E-state index contributed by atoms with van der Waals surface area (Å²) in [5.74, 6) is 0.595. The van der Waals surface area contributed by atoms with Gasteiger partial charge >= 0.3 is 0 Å². The SMILES string of the molecule is COc1c(C)cc(C(Cl)=NO)cc1Cl. The van der Waals surface area contributed by atoms with E-state index >= 15 is 0 Å². The number of ether oxygens (including phenoxy) is 1. The fourth-order valence-electron chi connectivity index (χ4n) is 1.17. The van der Waals surface area contributed by atoms with Crippen LogP contribution in [0.1, 0.15) is 11.1 Å². The Hall–Kier alpha value is -0.930. The molecule has 0 radical (unpaired) electrons. The Morgan fingerprint density at radius 1 is 1.50 bits per heavy atom. The summed E-state index contributed by atoms with van der Waals surface area (Å²) < 4.78 is 5.07. The lowest BCUT2D eigenvalue weighted by atomic mass is 10.1. The molecule has 0 atom stereocenters. The standard InChI is InChI=1S/C9H9Cl2NO2/c1-5-3-6(9(11)12-13)4-7(10)8(5)14-2/h3-4,13H,1-2H3. The average Bonchev–Trinajstić information content (AvgIpc) is 2.16. The van der Waals surface area contributed by atoms with Crippen LogP contribution < -0.4 is 4.74 Å². The molecule has 0 amide bonds. The summed E-state index contributed by atoms with van der Waals surface area (Å²) in [6, 6.07) is 3.31. The minimum Gasteiger partial charge on any atom is -0.495 e. The summed E-state index contributed by atoms with van der Waals surface area (Å²) in [5, 5.41) is 11.8. The fourth-order valence-corrected chi connectivity index (χ4v) is 1.62. The van der Waals surface area contributed by atoms with Gasteiger partial charge in [0.1, 0.15) is 5.75 Å². The molecule has 1 aromatic carbocycles. The molecule has 0 aliphatic carbocycles. The highest BCUT2D eigenvalue weighted by Crippen LogP contribution is 2.30. The topological polar surface area (TPSA) is 41.8 Å². The summed E-state index contributed by atoms with van der Waals surface area (Å²) in [4.78, 5) is 0. The van der Waals surface area contributed by atoms with E-state index in [1.807, 2.05) is 6.92 Å². The van der Waals surface area contributed by atoms with Gasteiger partial charge in [0, 0.05) is 5.56 Å². The highest BCUT2D eigenvalue weighted by atomic mass is 35.5. The van der Waals surface area contributed by atoms with Crippen molar-refractivity contribution in [3.8, 4) is 5.75 Å². The maximum absolute atomic E-state index is 8.48. The molecule has 0 aliphatic rings. The normalized spacial score (nSPS) is 11.6. The van der Waals surface area contributed by atoms with Gasteiger partial charge in [-0.2, -0.15) is 0 Å². The summed E-state index contributed by atoms with van der Waals surface area (Å²) in [6.07, 6.45) is 0. The number of hydrogen-bond donors (Lipinski definition) is 1. The van der Waals surface area contributed by atoms with E-state index in [1.54, 1.807) is 12.1 Å². The van der Waals surface area contributed by atoms with E-state index in [0.29, 0.717) is 16.3 Å². The van der Waals surface area contributed by atoms with Crippen LogP contribution in [-0.4, -0.2) is 17.5 Å². The first-order valence-electron chi connectivity index (χ1n) is 3.82. The van der Waals surface area contributed by atoms with Crippen LogP contribution in [0.15, 0.2) is 17.3 Å². The zero-order valence-corrected chi connectivity index (χ0v) is 9.23. The van der Waals surface area contributed by atoms with Gasteiger partial charge in [-0.25, -0.2) is 0 Å². The molecule has 0 saturated heterocycles. The summed E-state index contributed by atoms with van der Waals surface area (Å²) >= 11 is 11.5. The molecule has 3 nitrogen and oxygen atoms in total. The summed E-state index contributed by atoms with van der Waals surface area (Å²) in [6.45, 7) is 1.83. The number of oxime groups is 1. The van der Waals surface area contributed by atoms with Crippen molar-refractivity contribution >= 4 is 28.4 Å². The van der Waals surface area contributed by atoms with Crippen LogP contribution in [0.2, 0.25) is 5.02 Å². The van der Waals surface area contributed by atoms with E-state index in [4.69, 9.17) is 33.1 Å². The molecule has 14 heavy (non-hydrogen) atoms. The van der Waals surface area contributed by atoms with Crippen LogP contribution in [0.4, 0.5) is 0 Å². The molecule has 0 aliphatic heterocycles. The van der Waals surface area contributed by atoms with Gasteiger partial charge < -0.3 is 9.94 Å². The molecule has 0 saturated carbocycles. The van der Waals surface area contributed by atoms with Crippen molar-refractivity contribution in [1.82, 2.24) is 0 Å². The Morgan fingerprint density at radius 2 is 2.14 bits per heavy atom. The predicted molar refractivity (Wildman–Crippen MR) is 56.9 cm³/mol. The van der Waals surface area contributed by atoms with E-state index in [1.165, 1.54) is 7.11 Å². The second-order valence-electron chi connectivity index (χ2n) is 2.70. The van der Waals surface area contributed by atoms with Crippen molar-refractivity contribution in [3.63, 3.8) is 0 Å². The summed E-state index contributed by atoms with van der Waals surface area (Å²) in [5.41, 5.74) is 1.38. The minimum absolute atomic E-state index is 0.00217. The molecule has 0 bridgehead atoms. The third kappa shape index (κ3) is 2.11. The molecule has 0 heterocycles. The van der Waals surface area contributed by atoms with Crippen molar-refractivity contribution in [2.24, 2.45) is 5.16 Å². The van der Waals surface area contributed by atoms with E-state index in [-0.39, 0.29) is 5.17 Å². The predicted octanol–water partition coefficient (Wildman–Crippen LogP) is 3.03. The van der Waals surface area contributed by atoms with Gasteiger partial charge in [0.2, 0.25) is 0 Å². The van der Waals surface area contributed by atoms with Crippen LogP contribution in [0.5, 0.6) is 5.75 Å². The number of rotatable bonds is 2. The van der Waals surface area contributed by atoms with Gasteiger partial charge in [-0.05, 0) is 24.6 Å². The van der Waals surface area contributed by atoms with Gasteiger partial charge in [0.15, 0.2) is 5.17 Å². The Balaban J connectivity index is 3.27. The average molecular weight is 234 g/mol. The molecule has 1 aromatic rings. The van der Waals surface area contributed by atoms with Crippen LogP contribution in [-0.2, 0) is 0 Å². The molecule has 0 fully saturated rings. The van der Waals surface area contributed by atoms with Crippen molar-refractivity contribution in [3.05, 3.63) is 28.3 Å². The monoisotopic (exact) mass is 233 g/mol. The fraction of sp³-hybridized carbons (Fsp3) is 0.222. The molecule has 76 valence electrons. The second-order valence-corrected chi connectivity index (χ2v) is 3.46. The number of halogens is 2. The maximum Gasteiger partial charge on any atom is 0.175 e. The van der Waals surface area contributed by atoms with Crippen molar-refractivity contribution in [1.29, 1.82) is 0 Å². The zero-order chi connectivity index (χ0) is 10.7. The third-order valence-corrected chi connectivity index (χ3v) is 2.33. The number of aryl methyl sites for hydroxylation is 1. The quantitative estimate of drug-likeness (QED) is 0.485. The van der Waals surface area contributed by atoms with E-state index in [0.717, 1.165) is 5.56 Å². The Bertz CT molecular complexity index is 354. The Labute approximate surface area is 91.9 Å². The minimum atomic E-state index is -0.00217. The van der Waals surface area contributed by atoms with Gasteiger partial charge in [-0.15, -0.1) is 0 Å². The number of nitrogens with zero attached hydrogens (tertiary/aromatic N) is 1. The molecule has 1 N–H and O–H groups in total. The molecule has 0 aromatic heterocycles. The van der Waals surface area contributed by atoms with E-state index in [2.05, 4.69) is 5.16 Å². The maximum atomic E-state index is 8.48. The molecule has 1 rings (SSSR count). The van der Waals surface area contributed by atoms with E-state index < -0.39 is 0 Å². The van der Waals surface area contributed by atoms with Crippen LogP contribution in [0.3, 0.4) is 0 Å². The molecule has 0 unspecified atom stereocenters. The lowest BCUT2D eigenvalue weighted by Crippen LogP contribution is -1.95. The Morgan fingerprint density at radius 3 is 2.57 bits per heavy atom. The second kappa shape index (κ2) is 4.53. The van der Waals surface area contributed by atoms with Crippen molar-refractivity contribution < 1.29 is 9.94 Å². The van der Waals surface area contributed by atoms with Gasteiger partial charge in [-0.3, -0.25) is 0 Å². The van der Waals surface area contributed by atoms with Gasteiger partial charge in [0.25, 0.3) is 0 Å². The van der Waals surface area contributed by atoms with Gasteiger partial charge in [-0.1, -0.05) is 28.4 Å². The van der Waals surface area contributed by atoms with Crippen LogP contribution >= 0.6 is 23.2 Å². The number of methoxy groups -OCH3 is 1. The highest BCUT2D eigenvalue weighted by Gasteiger charge is 2.09. The largest absolute Gasteiger partial charge is 0.495 e. The highest BCUT2D eigenvalue weighted by molar-refractivity contribution is 6.69. The number of benzene rings is 1.